The highest BCUT2D eigenvalue weighted by Gasteiger charge is 2.56. The van der Waals surface area contributed by atoms with Gasteiger partial charge in [-0.3, -0.25) is 0 Å². The zero-order chi connectivity index (χ0) is 7.90. The topological polar surface area (TPSA) is 37.3 Å². The minimum Gasteiger partial charge on any atom is -0.472 e. The Hall–Kier alpha value is -0.970. The Labute approximate surface area is 65.6 Å². The van der Waals surface area contributed by atoms with Gasteiger partial charge in [0, 0.05) is 11.8 Å². The first kappa shape index (κ1) is 6.72. The Morgan fingerprint density at radius 1 is 1.55 bits per heavy atom. The van der Waals surface area contributed by atoms with Crippen LogP contribution in [-0.4, -0.2) is 11.1 Å². The molecule has 11 heavy (non-hydrogen) atoms. The van der Waals surface area contributed by atoms with Gasteiger partial charge in [-0.2, -0.15) is 0 Å². The van der Waals surface area contributed by atoms with E-state index in [-0.39, 0.29) is 0 Å². The van der Waals surface area contributed by atoms with Gasteiger partial charge in [0.15, 0.2) is 0 Å². The normalized spacial score (nSPS) is 30.0. The SMILES string of the molecule is O=C(O)C#CC1CC12CCC2. The van der Waals surface area contributed by atoms with Crippen molar-refractivity contribution >= 4 is 5.97 Å². The molecule has 2 nitrogen and oxygen atoms in total. The lowest BCUT2D eigenvalue weighted by molar-refractivity contribution is -0.130. The molecule has 0 radical (unpaired) electrons. The second-order valence-corrected chi connectivity index (χ2v) is 3.55. The Morgan fingerprint density at radius 2 is 2.27 bits per heavy atom. The van der Waals surface area contributed by atoms with Crippen LogP contribution in [0.4, 0.5) is 0 Å². The highest BCUT2D eigenvalue weighted by atomic mass is 16.4. The molecule has 1 spiro atoms. The molecule has 0 aromatic rings. The maximum atomic E-state index is 10.1. The third-order valence-electron chi connectivity index (χ3n) is 2.89. The quantitative estimate of drug-likeness (QED) is 0.528. The van der Waals surface area contributed by atoms with E-state index in [1.165, 1.54) is 19.3 Å². The average molecular weight is 150 g/mol. The Morgan fingerprint density at radius 3 is 2.64 bits per heavy atom. The van der Waals surface area contributed by atoms with E-state index in [9.17, 15) is 4.79 Å². The molecular formula is C9H10O2. The van der Waals surface area contributed by atoms with Gasteiger partial charge in [0.25, 0.3) is 0 Å². The standard InChI is InChI=1S/C9H10O2/c10-8(11)3-2-7-6-9(7)4-1-5-9/h7H,1,4-6H2,(H,10,11). The molecule has 0 aromatic heterocycles. The molecular weight excluding hydrogens is 140 g/mol. The fourth-order valence-corrected chi connectivity index (χ4v) is 1.88. The lowest BCUT2D eigenvalue weighted by Gasteiger charge is -2.25. The predicted octanol–water partition coefficient (Wildman–Crippen LogP) is 1.26. The van der Waals surface area contributed by atoms with Crippen molar-refractivity contribution < 1.29 is 9.90 Å². The van der Waals surface area contributed by atoms with Crippen LogP contribution < -0.4 is 0 Å². The van der Waals surface area contributed by atoms with Crippen LogP contribution >= 0.6 is 0 Å². The number of rotatable bonds is 0. The van der Waals surface area contributed by atoms with Gasteiger partial charge in [-0.05, 0) is 24.7 Å². The molecule has 2 heteroatoms. The summed E-state index contributed by atoms with van der Waals surface area (Å²) in [6.07, 6.45) is 5.00. The van der Waals surface area contributed by atoms with Crippen molar-refractivity contribution in [2.75, 3.05) is 0 Å². The van der Waals surface area contributed by atoms with E-state index >= 15 is 0 Å². The second-order valence-electron chi connectivity index (χ2n) is 3.55. The molecule has 0 saturated heterocycles. The summed E-state index contributed by atoms with van der Waals surface area (Å²) in [5.41, 5.74) is 0.489. The second kappa shape index (κ2) is 2.01. The predicted molar refractivity (Wildman–Crippen MR) is 39.8 cm³/mol. The maximum Gasteiger partial charge on any atom is 0.381 e. The summed E-state index contributed by atoms with van der Waals surface area (Å²) in [5, 5.41) is 8.28. The number of hydrogen-bond acceptors (Lipinski definition) is 1. The van der Waals surface area contributed by atoms with Crippen molar-refractivity contribution in [3.63, 3.8) is 0 Å². The van der Waals surface area contributed by atoms with E-state index in [1.807, 2.05) is 0 Å². The first-order chi connectivity index (χ1) is 5.23. The van der Waals surface area contributed by atoms with E-state index in [0.717, 1.165) is 6.42 Å². The minimum atomic E-state index is -0.994. The molecule has 0 aromatic carbocycles. The van der Waals surface area contributed by atoms with Gasteiger partial charge < -0.3 is 5.11 Å². The maximum absolute atomic E-state index is 10.1. The van der Waals surface area contributed by atoms with Crippen molar-refractivity contribution in [2.24, 2.45) is 11.3 Å². The van der Waals surface area contributed by atoms with Crippen LogP contribution in [0.5, 0.6) is 0 Å². The van der Waals surface area contributed by atoms with Gasteiger partial charge in [-0.15, -0.1) is 0 Å². The Bertz CT molecular complexity index is 252. The van der Waals surface area contributed by atoms with Crippen molar-refractivity contribution in [3.05, 3.63) is 0 Å². The van der Waals surface area contributed by atoms with Gasteiger partial charge in [0.2, 0.25) is 0 Å². The van der Waals surface area contributed by atoms with Crippen LogP contribution in [0.2, 0.25) is 0 Å². The molecule has 1 N–H and O–H groups in total. The minimum absolute atomic E-state index is 0.410. The highest BCUT2D eigenvalue weighted by molar-refractivity contribution is 5.86. The van der Waals surface area contributed by atoms with Crippen LogP contribution in [0.3, 0.4) is 0 Å². The molecule has 2 saturated carbocycles. The molecule has 0 heterocycles. The van der Waals surface area contributed by atoms with Crippen LogP contribution in [-0.2, 0) is 4.79 Å². The number of hydrogen-bond donors (Lipinski definition) is 1. The van der Waals surface area contributed by atoms with Crippen molar-refractivity contribution in [1.82, 2.24) is 0 Å². The van der Waals surface area contributed by atoms with Crippen LogP contribution in [0.15, 0.2) is 0 Å². The number of aliphatic carboxylic acids is 1. The van der Waals surface area contributed by atoms with Crippen molar-refractivity contribution in [3.8, 4) is 11.8 Å². The van der Waals surface area contributed by atoms with Crippen molar-refractivity contribution in [2.45, 2.75) is 25.7 Å². The molecule has 2 fully saturated rings. The molecule has 2 aliphatic rings. The van der Waals surface area contributed by atoms with Crippen LogP contribution in [0.1, 0.15) is 25.7 Å². The molecule has 0 bridgehead atoms. The van der Waals surface area contributed by atoms with Crippen LogP contribution in [0, 0.1) is 23.2 Å². The van der Waals surface area contributed by atoms with E-state index in [2.05, 4.69) is 11.8 Å². The Balaban J connectivity index is 1.93. The third-order valence-corrected chi connectivity index (χ3v) is 2.89. The summed E-state index contributed by atoms with van der Waals surface area (Å²) in [7, 11) is 0. The van der Waals surface area contributed by atoms with Gasteiger partial charge in [-0.1, -0.05) is 12.3 Å². The van der Waals surface area contributed by atoms with Gasteiger partial charge >= 0.3 is 5.97 Å². The third kappa shape index (κ3) is 1.01. The summed E-state index contributed by atoms with van der Waals surface area (Å²) >= 11 is 0. The smallest absolute Gasteiger partial charge is 0.381 e. The molecule has 0 aliphatic heterocycles. The summed E-state index contributed by atoms with van der Waals surface area (Å²) < 4.78 is 0. The summed E-state index contributed by atoms with van der Waals surface area (Å²) in [6, 6.07) is 0. The van der Waals surface area contributed by atoms with E-state index < -0.39 is 5.97 Å². The monoisotopic (exact) mass is 150 g/mol. The van der Waals surface area contributed by atoms with Gasteiger partial charge in [0.1, 0.15) is 0 Å². The van der Waals surface area contributed by atoms with Crippen molar-refractivity contribution in [1.29, 1.82) is 0 Å². The number of carbonyl (C=O) groups is 1. The average Bonchev–Trinajstić information content (AvgIpc) is 2.55. The first-order valence-corrected chi connectivity index (χ1v) is 3.97. The first-order valence-electron chi connectivity index (χ1n) is 3.97. The molecule has 2 rings (SSSR count). The zero-order valence-electron chi connectivity index (χ0n) is 6.26. The van der Waals surface area contributed by atoms with E-state index in [0.29, 0.717) is 11.3 Å². The van der Waals surface area contributed by atoms with E-state index in [4.69, 9.17) is 5.11 Å². The van der Waals surface area contributed by atoms with E-state index in [1.54, 1.807) is 0 Å². The van der Waals surface area contributed by atoms with Crippen LogP contribution in [0.25, 0.3) is 0 Å². The molecule has 58 valence electrons. The van der Waals surface area contributed by atoms with Gasteiger partial charge in [-0.25, -0.2) is 4.79 Å². The summed E-state index contributed by atoms with van der Waals surface area (Å²) in [4.78, 5) is 10.1. The number of carboxylic acid groups (broad SMARTS) is 1. The Kier molecular flexibility index (Phi) is 1.23. The zero-order valence-corrected chi connectivity index (χ0v) is 6.26. The molecule has 2 aliphatic carbocycles. The molecule has 0 amide bonds. The fourth-order valence-electron chi connectivity index (χ4n) is 1.88. The number of carboxylic acids is 1. The molecule has 1 unspecified atom stereocenters. The highest BCUT2D eigenvalue weighted by Crippen LogP contribution is 2.65. The lowest BCUT2D eigenvalue weighted by atomic mass is 9.80. The molecule has 1 atom stereocenters. The summed E-state index contributed by atoms with van der Waals surface area (Å²) in [6.45, 7) is 0. The fraction of sp³-hybridized carbons (Fsp3) is 0.667. The lowest BCUT2D eigenvalue weighted by Crippen LogP contribution is -2.13. The largest absolute Gasteiger partial charge is 0.472 e. The summed E-state index contributed by atoms with van der Waals surface area (Å²) in [5.74, 6) is 4.41. The van der Waals surface area contributed by atoms with Gasteiger partial charge in [0.05, 0.1) is 0 Å².